The largest absolute Gasteiger partial charge is 0.369 e. The van der Waals surface area contributed by atoms with Crippen LogP contribution in [0.5, 0.6) is 0 Å². The number of hydrogen-bond donors (Lipinski definition) is 2. The van der Waals surface area contributed by atoms with Gasteiger partial charge in [-0.25, -0.2) is 0 Å². The van der Waals surface area contributed by atoms with E-state index in [-0.39, 0.29) is 0 Å². The lowest BCUT2D eigenvalue weighted by Gasteiger charge is -2.35. The summed E-state index contributed by atoms with van der Waals surface area (Å²) in [5.41, 5.74) is 2.39. The standard InChI is InChI=1S/C22H37ClN6/c1-4-10-28-11-8-18(9-12-28)26-22(24-2)25-17-19-20(23)6-5-7-21(19)29-15-13-27(3)14-16-29/h5-7,18H,4,8-17H2,1-3H3,(H2,24,25,26). The molecular weight excluding hydrogens is 384 g/mol. The molecule has 2 fully saturated rings. The van der Waals surface area contributed by atoms with Crippen LogP contribution >= 0.6 is 11.6 Å². The summed E-state index contributed by atoms with van der Waals surface area (Å²) in [7, 11) is 4.02. The Morgan fingerprint density at radius 1 is 1.14 bits per heavy atom. The lowest BCUT2D eigenvalue weighted by Crippen LogP contribution is -2.48. The minimum atomic E-state index is 0.484. The molecular formula is C22H37ClN6. The molecule has 2 aliphatic rings. The zero-order chi connectivity index (χ0) is 20.6. The summed E-state index contributed by atoms with van der Waals surface area (Å²) >= 11 is 6.60. The molecule has 7 heteroatoms. The van der Waals surface area contributed by atoms with E-state index < -0.39 is 0 Å². The van der Waals surface area contributed by atoms with E-state index in [0.717, 1.165) is 42.7 Å². The molecule has 29 heavy (non-hydrogen) atoms. The summed E-state index contributed by atoms with van der Waals surface area (Å²) < 4.78 is 0. The number of likely N-dealkylation sites (N-methyl/N-ethyl adjacent to an activating group) is 1. The Balaban J connectivity index is 1.57. The predicted molar refractivity (Wildman–Crippen MR) is 124 cm³/mol. The third-order valence-corrected chi connectivity index (χ3v) is 6.42. The Hall–Kier alpha value is -1.50. The Morgan fingerprint density at radius 3 is 2.52 bits per heavy atom. The van der Waals surface area contributed by atoms with Crippen LogP contribution in [0, 0.1) is 0 Å². The smallest absolute Gasteiger partial charge is 0.191 e. The predicted octanol–water partition coefficient (Wildman–Crippen LogP) is 2.63. The molecule has 0 atom stereocenters. The first-order chi connectivity index (χ1) is 14.1. The van der Waals surface area contributed by atoms with E-state index in [1.54, 1.807) is 0 Å². The third kappa shape index (κ3) is 6.24. The van der Waals surface area contributed by atoms with Gasteiger partial charge >= 0.3 is 0 Å². The maximum Gasteiger partial charge on any atom is 0.191 e. The number of anilines is 1. The van der Waals surface area contributed by atoms with Crippen molar-refractivity contribution in [3.8, 4) is 0 Å². The molecule has 2 aliphatic heterocycles. The second-order valence-electron chi connectivity index (χ2n) is 8.21. The quantitative estimate of drug-likeness (QED) is 0.547. The molecule has 0 aromatic heterocycles. The topological polar surface area (TPSA) is 46.1 Å². The van der Waals surface area contributed by atoms with E-state index in [9.17, 15) is 0 Å². The monoisotopic (exact) mass is 420 g/mol. The molecule has 0 aliphatic carbocycles. The van der Waals surface area contributed by atoms with Crippen LogP contribution < -0.4 is 15.5 Å². The highest BCUT2D eigenvalue weighted by Gasteiger charge is 2.21. The molecule has 2 heterocycles. The van der Waals surface area contributed by atoms with Crippen molar-refractivity contribution in [2.75, 3.05) is 64.8 Å². The van der Waals surface area contributed by atoms with Crippen molar-refractivity contribution in [3.05, 3.63) is 28.8 Å². The van der Waals surface area contributed by atoms with Crippen molar-refractivity contribution >= 4 is 23.2 Å². The van der Waals surface area contributed by atoms with Gasteiger partial charge in [-0.1, -0.05) is 24.6 Å². The van der Waals surface area contributed by atoms with Gasteiger partial charge < -0.3 is 25.3 Å². The van der Waals surface area contributed by atoms with Crippen LogP contribution in [0.15, 0.2) is 23.2 Å². The van der Waals surface area contributed by atoms with Gasteiger partial charge in [-0.2, -0.15) is 0 Å². The minimum absolute atomic E-state index is 0.484. The van der Waals surface area contributed by atoms with E-state index in [1.165, 1.54) is 44.6 Å². The number of aliphatic imine (C=N–C) groups is 1. The average molecular weight is 421 g/mol. The lowest BCUT2D eigenvalue weighted by atomic mass is 10.1. The maximum absolute atomic E-state index is 6.60. The van der Waals surface area contributed by atoms with Gasteiger partial charge in [-0.3, -0.25) is 4.99 Å². The lowest BCUT2D eigenvalue weighted by molar-refractivity contribution is 0.206. The van der Waals surface area contributed by atoms with Gasteiger partial charge in [-0.15, -0.1) is 0 Å². The second kappa shape index (κ2) is 11.0. The van der Waals surface area contributed by atoms with Gasteiger partial charge in [0.25, 0.3) is 0 Å². The fourth-order valence-corrected chi connectivity index (χ4v) is 4.48. The summed E-state index contributed by atoms with van der Waals surface area (Å²) in [6, 6.07) is 6.71. The van der Waals surface area contributed by atoms with Crippen LogP contribution in [-0.4, -0.2) is 81.7 Å². The van der Waals surface area contributed by atoms with Gasteiger partial charge in [0.15, 0.2) is 5.96 Å². The Kier molecular flexibility index (Phi) is 8.45. The summed E-state index contributed by atoms with van der Waals surface area (Å²) in [4.78, 5) is 11.8. The Labute approximate surface area is 181 Å². The number of benzene rings is 1. The van der Waals surface area contributed by atoms with Crippen molar-refractivity contribution < 1.29 is 0 Å². The normalized spacial score (nSPS) is 20.1. The summed E-state index contributed by atoms with van der Waals surface area (Å²) in [5, 5.41) is 7.93. The van der Waals surface area contributed by atoms with Gasteiger partial charge in [0.2, 0.25) is 0 Å². The molecule has 0 radical (unpaired) electrons. The number of piperazine rings is 1. The number of guanidine groups is 1. The second-order valence-corrected chi connectivity index (χ2v) is 8.62. The number of nitrogens with one attached hydrogen (secondary N) is 2. The molecule has 2 saturated heterocycles. The first-order valence-electron chi connectivity index (χ1n) is 11.0. The molecule has 0 amide bonds. The highest BCUT2D eigenvalue weighted by Crippen LogP contribution is 2.28. The molecule has 2 N–H and O–H groups in total. The molecule has 1 aromatic rings. The van der Waals surface area contributed by atoms with Crippen molar-refractivity contribution in [2.24, 2.45) is 4.99 Å². The van der Waals surface area contributed by atoms with Crippen molar-refractivity contribution in [2.45, 2.75) is 38.8 Å². The van der Waals surface area contributed by atoms with Crippen LogP contribution in [-0.2, 0) is 6.54 Å². The van der Waals surface area contributed by atoms with Crippen LogP contribution in [0.3, 0.4) is 0 Å². The number of piperidine rings is 1. The molecule has 0 unspecified atom stereocenters. The Bertz CT molecular complexity index is 663. The number of likely N-dealkylation sites (tertiary alicyclic amines) is 1. The Morgan fingerprint density at radius 2 is 1.86 bits per heavy atom. The zero-order valence-corrected chi connectivity index (χ0v) is 19.0. The van der Waals surface area contributed by atoms with Crippen molar-refractivity contribution in [1.29, 1.82) is 0 Å². The molecule has 0 spiro atoms. The molecule has 1 aromatic carbocycles. The summed E-state index contributed by atoms with van der Waals surface area (Å²) in [5.74, 6) is 0.864. The molecule has 0 saturated carbocycles. The van der Waals surface area contributed by atoms with Crippen LogP contribution in [0.4, 0.5) is 5.69 Å². The fourth-order valence-electron chi connectivity index (χ4n) is 4.24. The van der Waals surface area contributed by atoms with Crippen molar-refractivity contribution in [1.82, 2.24) is 20.4 Å². The van der Waals surface area contributed by atoms with E-state index >= 15 is 0 Å². The SMILES string of the molecule is CCCN1CCC(NC(=NC)NCc2c(Cl)cccc2N2CCN(C)CC2)CC1. The fraction of sp³-hybridized carbons (Fsp3) is 0.682. The van der Waals surface area contributed by atoms with E-state index in [4.69, 9.17) is 11.6 Å². The zero-order valence-electron chi connectivity index (χ0n) is 18.3. The number of halogens is 1. The van der Waals surface area contributed by atoms with E-state index in [2.05, 4.69) is 56.4 Å². The van der Waals surface area contributed by atoms with Gasteiger partial charge in [-0.05, 0) is 45.0 Å². The first-order valence-corrected chi connectivity index (χ1v) is 11.4. The van der Waals surface area contributed by atoms with Gasteiger partial charge in [0.05, 0.1) is 0 Å². The van der Waals surface area contributed by atoms with Crippen LogP contribution in [0.25, 0.3) is 0 Å². The van der Waals surface area contributed by atoms with E-state index in [1.807, 2.05) is 13.1 Å². The van der Waals surface area contributed by atoms with Crippen LogP contribution in [0.1, 0.15) is 31.7 Å². The minimum Gasteiger partial charge on any atom is -0.369 e. The maximum atomic E-state index is 6.60. The van der Waals surface area contributed by atoms with Gasteiger partial charge in [0.1, 0.15) is 0 Å². The van der Waals surface area contributed by atoms with E-state index in [0.29, 0.717) is 12.6 Å². The highest BCUT2D eigenvalue weighted by molar-refractivity contribution is 6.31. The first kappa shape index (κ1) is 22.2. The summed E-state index contributed by atoms with van der Waals surface area (Å²) in [6.07, 6.45) is 3.56. The molecule has 0 bridgehead atoms. The summed E-state index contributed by atoms with van der Waals surface area (Å²) in [6.45, 7) is 10.7. The molecule has 162 valence electrons. The van der Waals surface area contributed by atoms with Crippen LogP contribution in [0.2, 0.25) is 5.02 Å². The third-order valence-electron chi connectivity index (χ3n) is 6.06. The average Bonchev–Trinajstić information content (AvgIpc) is 2.74. The number of hydrogen-bond acceptors (Lipinski definition) is 4. The highest BCUT2D eigenvalue weighted by atomic mass is 35.5. The van der Waals surface area contributed by atoms with Gasteiger partial charge in [0, 0.05) is 75.2 Å². The molecule has 3 rings (SSSR count). The molecule has 6 nitrogen and oxygen atoms in total. The number of nitrogens with zero attached hydrogens (tertiary/aromatic N) is 4. The van der Waals surface area contributed by atoms with Crippen molar-refractivity contribution in [3.63, 3.8) is 0 Å². The number of rotatable bonds is 6.